The van der Waals surface area contributed by atoms with E-state index in [-0.39, 0.29) is 24.0 Å². The van der Waals surface area contributed by atoms with Crippen molar-refractivity contribution in [2.45, 2.75) is 38.8 Å². The number of aryl methyl sites for hydroxylation is 3. The SMILES string of the molecule is CN=C(NCc1cccn1C)N(C)Cc1nc2c(s1)CCCC2.I. The van der Waals surface area contributed by atoms with Gasteiger partial charge in [0.05, 0.1) is 18.8 Å². The molecule has 0 spiro atoms. The van der Waals surface area contributed by atoms with E-state index in [1.54, 1.807) is 0 Å². The van der Waals surface area contributed by atoms with Gasteiger partial charge >= 0.3 is 0 Å². The third kappa shape index (κ3) is 4.50. The highest BCUT2D eigenvalue weighted by atomic mass is 127. The predicted molar refractivity (Wildman–Crippen MR) is 111 cm³/mol. The van der Waals surface area contributed by atoms with Gasteiger partial charge in [-0.05, 0) is 37.8 Å². The number of hydrogen-bond acceptors (Lipinski definition) is 3. The number of aromatic nitrogens is 2. The predicted octanol–water partition coefficient (Wildman–Crippen LogP) is 3.19. The standard InChI is InChI=1S/C17H25N5S.HI/c1-18-17(19-11-13-7-6-10-21(13)2)22(3)12-16-20-14-8-4-5-9-15(14)23-16;/h6-7,10H,4-5,8-9,11-12H2,1-3H3,(H,18,19);1H. The Morgan fingerprint density at radius 2 is 2.21 bits per heavy atom. The molecule has 0 radical (unpaired) electrons. The number of halogens is 1. The Labute approximate surface area is 165 Å². The Hall–Kier alpha value is -1.09. The van der Waals surface area contributed by atoms with Gasteiger partial charge in [-0.2, -0.15) is 0 Å². The van der Waals surface area contributed by atoms with E-state index >= 15 is 0 Å². The minimum absolute atomic E-state index is 0. The zero-order valence-corrected chi connectivity index (χ0v) is 17.7. The summed E-state index contributed by atoms with van der Waals surface area (Å²) in [5.41, 5.74) is 2.57. The third-order valence-electron chi connectivity index (χ3n) is 4.31. The van der Waals surface area contributed by atoms with Crippen LogP contribution in [0.15, 0.2) is 23.3 Å². The first-order valence-corrected chi connectivity index (χ1v) is 8.98. The minimum Gasteiger partial charge on any atom is -0.353 e. The number of hydrogen-bond donors (Lipinski definition) is 1. The lowest BCUT2D eigenvalue weighted by Gasteiger charge is -2.21. The van der Waals surface area contributed by atoms with Gasteiger partial charge in [0.2, 0.25) is 0 Å². The van der Waals surface area contributed by atoms with Crippen LogP contribution in [0, 0.1) is 0 Å². The fourth-order valence-electron chi connectivity index (χ4n) is 2.99. The van der Waals surface area contributed by atoms with E-state index in [4.69, 9.17) is 4.98 Å². The maximum absolute atomic E-state index is 4.82. The van der Waals surface area contributed by atoms with Crippen molar-refractivity contribution < 1.29 is 0 Å². The van der Waals surface area contributed by atoms with Crippen LogP contribution < -0.4 is 5.32 Å². The molecule has 0 aromatic carbocycles. The molecule has 2 aromatic rings. The molecule has 0 aliphatic heterocycles. The molecule has 0 saturated heterocycles. The molecule has 0 bridgehead atoms. The van der Waals surface area contributed by atoms with Gasteiger partial charge in [0, 0.05) is 37.9 Å². The number of aliphatic imine (C=N–C) groups is 1. The first kappa shape index (κ1) is 19.2. The quantitative estimate of drug-likeness (QED) is 0.434. The van der Waals surface area contributed by atoms with Crippen molar-refractivity contribution in [2.75, 3.05) is 14.1 Å². The maximum Gasteiger partial charge on any atom is 0.194 e. The highest BCUT2D eigenvalue weighted by Gasteiger charge is 2.16. The van der Waals surface area contributed by atoms with Gasteiger partial charge in [0.25, 0.3) is 0 Å². The van der Waals surface area contributed by atoms with Gasteiger partial charge in [-0.25, -0.2) is 4.98 Å². The van der Waals surface area contributed by atoms with Gasteiger partial charge in [-0.3, -0.25) is 4.99 Å². The molecule has 5 nitrogen and oxygen atoms in total. The number of nitrogens with one attached hydrogen (secondary N) is 1. The van der Waals surface area contributed by atoms with Crippen LogP contribution in [-0.2, 0) is 33.0 Å². The fraction of sp³-hybridized carbons (Fsp3) is 0.529. The summed E-state index contributed by atoms with van der Waals surface area (Å²) in [5.74, 6) is 0.902. The molecule has 7 heteroatoms. The molecule has 0 unspecified atom stereocenters. The summed E-state index contributed by atoms with van der Waals surface area (Å²) in [6.45, 7) is 1.58. The Morgan fingerprint density at radius 1 is 1.42 bits per heavy atom. The summed E-state index contributed by atoms with van der Waals surface area (Å²) < 4.78 is 2.12. The summed E-state index contributed by atoms with van der Waals surface area (Å²) in [4.78, 5) is 12.9. The van der Waals surface area contributed by atoms with E-state index in [1.807, 2.05) is 18.4 Å². The summed E-state index contributed by atoms with van der Waals surface area (Å²) >= 11 is 1.87. The van der Waals surface area contributed by atoms with E-state index in [0.717, 1.165) is 25.5 Å². The smallest absolute Gasteiger partial charge is 0.194 e. The first-order chi connectivity index (χ1) is 11.2. The van der Waals surface area contributed by atoms with E-state index in [9.17, 15) is 0 Å². The molecule has 1 aliphatic rings. The number of thiazole rings is 1. The second kappa shape index (κ2) is 8.84. The molecule has 0 fully saturated rings. The Bertz CT molecular complexity index is 667. The minimum atomic E-state index is 0. The molecule has 0 amide bonds. The second-order valence-electron chi connectivity index (χ2n) is 6.05. The van der Waals surface area contributed by atoms with Crippen LogP contribution >= 0.6 is 35.3 Å². The summed E-state index contributed by atoms with van der Waals surface area (Å²) in [6.07, 6.45) is 7.01. The van der Waals surface area contributed by atoms with E-state index < -0.39 is 0 Å². The first-order valence-electron chi connectivity index (χ1n) is 8.17. The molecule has 1 N–H and O–H groups in total. The third-order valence-corrected chi connectivity index (χ3v) is 5.46. The van der Waals surface area contributed by atoms with Crippen LogP contribution in [0.5, 0.6) is 0 Å². The lowest BCUT2D eigenvalue weighted by molar-refractivity contribution is 0.473. The lowest BCUT2D eigenvalue weighted by atomic mass is 10.0. The summed E-state index contributed by atoms with van der Waals surface area (Å²) in [6, 6.07) is 4.18. The molecule has 1 aliphatic carbocycles. The van der Waals surface area contributed by atoms with Crippen molar-refractivity contribution in [1.29, 1.82) is 0 Å². The van der Waals surface area contributed by atoms with Crippen molar-refractivity contribution >= 4 is 41.3 Å². The number of guanidine groups is 1. The average Bonchev–Trinajstić information content (AvgIpc) is 3.13. The molecule has 2 heterocycles. The summed E-state index contributed by atoms with van der Waals surface area (Å²) in [5, 5.41) is 4.62. The monoisotopic (exact) mass is 459 g/mol. The fourth-order valence-corrected chi connectivity index (χ4v) is 4.20. The second-order valence-corrected chi connectivity index (χ2v) is 7.22. The number of fused-ring (bicyclic) bond motifs is 1. The molecule has 2 aromatic heterocycles. The van der Waals surface area contributed by atoms with Gasteiger partial charge in [0.15, 0.2) is 5.96 Å². The van der Waals surface area contributed by atoms with E-state index in [0.29, 0.717) is 0 Å². The van der Waals surface area contributed by atoms with Crippen molar-refractivity contribution in [3.05, 3.63) is 39.6 Å². The molecule has 3 rings (SSSR count). The van der Waals surface area contributed by atoms with Crippen molar-refractivity contribution in [1.82, 2.24) is 19.8 Å². The van der Waals surface area contributed by atoms with Gasteiger partial charge < -0.3 is 14.8 Å². The van der Waals surface area contributed by atoms with Crippen LogP contribution in [0.25, 0.3) is 0 Å². The topological polar surface area (TPSA) is 45.5 Å². The van der Waals surface area contributed by atoms with E-state index in [2.05, 4.69) is 52.2 Å². The molecule has 0 atom stereocenters. The molecular formula is C17H26IN5S. The zero-order chi connectivity index (χ0) is 16.2. The van der Waals surface area contributed by atoms with Gasteiger partial charge in [-0.15, -0.1) is 35.3 Å². The van der Waals surface area contributed by atoms with Crippen molar-refractivity contribution in [3.63, 3.8) is 0 Å². The van der Waals surface area contributed by atoms with E-state index in [1.165, 1.54) is 40.5 Å². The van der Waals surface area contributed by atoms with Crippen molar-refractivity contribution in [2.24, 2.45) is 12.0 Å². The molecule has 24 heavy (non-hydrogen) atoms. The molecule has 0 saturated carbocycles. The molecular weight excluding hydrogens is 433 g/mol. The van der Waals surface area contributed by atoms with Crippen molar-refractivity contribution in [3.8, 4) is 0 Å². The Morgan fingerprint density at radius 3 is 2.88 bits per heavy atom. The lowest BCUT2D eigenvalue weighted by Crippen LogP contribution is -2.38. The van der Waals surface area contributed by atoms with Gasteiger partial charge in [0.1, 0.15) is 5.01 Å². The largest absolute Gasteiger partial charge is 0.353 e. The van der Waals surface area contributed by atoms with Gasteiger partial charge in [-0.1, -0.05) is 0 Å². The van der Waals surface area contributed by atoms with Crippen LogP contribution in [-0.4, -0.2) is 34.5 Å². The van der Waals surface area contributed by atoms with Crippen LogP contribution in [0.4, 0.5) is 0 Å². The highest BCUT2D eigenvalue weighted by Crippen LogP contribution is 2.27. The average molecular weight is 459 g/mol. The number of nitrogens with zero attached hydrogens (tertiary/aromatic N) is 4. The highest BCUT2D eigenvalue weighted by molar-refractivity contribution is 14.0. The van der Waals surface area contributed by atoms with Crippen LogP contribution in [0.3, 0.4) is 0 Å². The van der Waals surface area contributed by atoms with Crippen LogP contribution in [0.2, 0.25) is 0 Å². The molecule has 132 valence electrons. The summed E-state index contributed by atoms with van der Waals surface area (Å²) in [7, 11) is 5.96. The maximum atomic E-state index is 4.82. The Kier molecular flexibility index (Phi) is 7.09. The Balaban J connectivity index is 0.00000208. The zero-order valence-electron chi connectivity index (χ0n) is 14.6. The van der Waals surface area contributed by atoms with Crippen LogP contribution in [0.1, 0.15) is 34.1 Å². The normalized spacial score (nSPS) is 14.0. The number of rotatable bonds is 4.